The van der Waals surface area contributed by atoms with Crippen LogP contribution in [0, 0.1) is 24.8 Å². The summed E-state index contributed by atoms with van der Waals surface area (Å²) in [6.45, 7) is 10.2. The van der Waals surface area contributed by atoms with Gasteiger partial charge in [0, 0.05) is 38.0 Å². The number of pyridine rings is 1. The summed E-state index contributed by atoms with van der Waals surface area (Å²) in [5, 5.41) is 15.6. The predicted octanol–water partition coefficient (Wildman–Crippen LogP) is 10.6. The van der Waals surface area contributed by atoms with Gasteiger partial charge < -0.3 is 5.11 Å². The minimum Gasteiger partial charge on any atom is 0 e. The number of ether oxygens (including phenoxy) is 1. The number of aliphatic hydroxyl groups excluding tert-OH is 1. The summed E-state index contributed by atoms with van der Waals surface area (Å²) in [6.07, 6.45) is 6.82. The molecule has 1 aliphatic rings. The molecule has 1 aromatic heterocycles. The third-order valence-electron chi connectivity index (χ3n) is 8.31. The molecule has 0 saturated carbocycles. The monoisotopic (exact) mass is 819 g/mol. The normalized spacial score (nSPS) is 12.5. The molecular formula is C37H46GeIrNO3-. The molecule has 3 aromatic carbocycles. The molecule has 43 heavy (non-hydrogen) atoms. The van der Waals surface area contributed by atoms with Crippen LogP contribution in [0.3, 0.4) is 0 Å². The molecule has 0 unspecified atom stereocenters. The molecule has 1 aliphatic heterocycles. The number of ketones is 1. The fourth-order valence-electron chi connectivity index (χ4n) is 5.93. The largest absolute Gasteiger partial charge is 0 e. The Labute approximate surface area is 274 Å². The topological polar surface area (TPSA) is 59.4 Å². The number of rotatable bonds is 9. The molecule has 2 heterocycles. The molecule has 0 aliphatic carbocycles. The number of allylic oxidation sites excluding steroid dienone is 2. The van der Waals surface area contributed by atoms with E-state index in [1.807, 2.05) is 33.9 Å². The van der Waals surface area contributed by atoms with Crippen LogP contribution in [0.2, 0.25) is 17.3 Å². The molecule has 0 amide bonds. The first kappa shape index (κ1) is 35.0. The van der Waals surface area contributed by atoms with Crippen LogP contribution in [0.5, 0.6) is 11.5 Å². The van der Waals surface area contributed by atoms with Gasteiger partial charge in [0.1, 0.15) is 0 Å². The van der Waals surface area contributed by atoms with Gasteiger partial charge >= 0.3 is 163 Å². The van der Waals surface area contributed by atoms with Crippen molar-refractivity contribution < 1.29 is 34.7 Å². The predicted molar refractivity (Wildman–Crippen MR) is 179 cm³/mol. The number of nitrogens with zero attached hydrogens (tertiary/aromatic N) is 1. The van der Waals surface area contributed by atoms with E-state index >= 15 is 0 Å². The van der Waals surface area contributed by atoms with Crippen LogP contribution in [0.15, 0.2) is 60.5 Å². The van der Waals surface area contributed by atoms with Gasteiger partial charge in [-0.1, -0.05) is 27.7 Å². The Kier molecular flexibility index (Phi) is 12.2. The van der Waals surface area contributed by atoms with E-state index in [4.69, 9.17) is 9.72 Å². The van der Waals surface area contributed by atoms with Crippen LogP contribution in [0.1, 0.15) is 64.5 Å². The van der Waals surface area contributed by atoms with Crippen molar-refractivity contribution in [3.05, 3.63) is 77.7 Å². The van der Waals surface area contributed by atoms with E-state index in [1.54, 1.807) is 0 Å². The second-order valence-corrected chi connectivity index (χ2v) is 24.2. The van der Waals surface area contributed by atoms with Crippen molar-refractivity contribution in [2.45, 2.75) is 82.8 Å². The average molecular weight is 818 g/mol. The Hall–Kier alpha value is -2.47. The van der Waals surface area contributed by atoms with Crippen LogP contribution in [0.25, 0.3) is 32.8 Å². The van der Waals surface area contributed by atoms with Gasteiger partial charge in [0.25, 0.3) is 0 Å². The van der Waals surface area contributed by atoms with Crippen molar-refractivity contribution in [3.8, 4) is 22.8 Å². The number of carbonyl (C=O) groups excluding carboxylic acids is 1. The molecule has 6 heteroatoms. The number of carbonyl (C=O) groups is 1. The molecule has 1 N–H and O–H groups in total. The fraction of sp³-hybridized carbons (Fsp3) is 0.405. The zero-order valence-corrected chi connectivity index (χ0v) is 31.4. The van der Waals surface area contributed by atoms with Crippen molar-refractivity contribution in [1.82, 2.24) is 4.98 Å². The van der Waals surface area contributed by atoms with Crippen molar-refractivity contribution >= 4 is 40.6 Å². The number of aryl methyl sites for hydroxylation is 1. The molecule has 5 rings (SSSR count). The molecule has 4 nitrogen and oxygen atoms in total. The number of aromatic nitrogens is 1. The Morgan fingerprint density at radius 3 is 2.28 bits per heavy atom. The molecule has 0 bridgehead atoms. The molecular weight excluding hydrogens is 771 g/mol. The quantitative estimate of drug-likeness (QED) is 0.0697. The van der Waals surface area contributed by atoms with Gasteiger partial charge in [-0.05, 0) is 25.7 Å². The van der Waals surface area contributed by atoms with Crippen molar-refractivity contribution in [1.29, 1.82) is 0 Å². The third kappa shape index (κ3) is 7.98. The van der Waals surface area contributed by atoms with Crippen LogP contribution in [0.4, 0.5) is 0 Å². The van der Waals surface area contributed by atoms with Crippen LogP contribution in [-0.4, -0.2) is 29.1 Å². The molecule has 1 radical (unpaired) electrons. The maximum Gasteiger partial charge on any atom is 0 e. The Bertz CT molecular complexity index is 1610. The zero-order valence-electron chi connectivity index (χ0n) is 26.9. The zero-order chi connectivity index (χ0) is 30.6. The van der Waals surface area contributed by atoms with E-state index in [-0.39, 0.29) is 43.5 Å². The molecule has 0 fully saturated rings. The molecule has 4 aromatic rings. The van der Waals surface area contributed by atoms with Gasteiger partial charge in [0.05, 0.1) is 5.76 Å². The first-order valence-corrected chi connectivity index (χ1v) is 23.3. The summed E-state index contributed by atoms with van der Waals surface area (Å²) in [4.78, 5) is 16.4. The van der Waals surface area contributed by atoms with Gasteiger partial charge in [0.15, 0.2) is 5.78 Å². The van der Waals surface area contributed by atoms with E-state index in [9.17, 15) is 9.90 Å². The average Bonchev–Trinajstić information content (AvgIpc) is 2.94. The van der Waals surface area contributed by atoms with E-state index in [0.29, 0.717) is 0 Å². The van der Waals surface area contributed by atoms with Gasteiger partial charge in [-0.2, -0.15) is 0 Å². The van der Waals surface area contributed by atoms with E-state index < -0.39 is 13.3 Å². The SMILES string of the molecule is CCC(CC)C(=O)/C=C(\O)C(CC)CC.Cc1c2c([c-]c3ccccc13)-c1nccc3cc([CH2][Ge]([CH3])([CH3])[CH3])cc(c13)O2.[Ir]. The van der Waals surface area contributed by atoms with Gasteiger partial charge in [0.2, 0.25) is 0 Å². The molecule has 0 saturated heterocycles. The number of aliphatic hydroxyl groups is 1. The third-order valence-corrected chi connectivity index (χ3v) is 11.4. The summed E-state index contributed by atoms with van der Waals surface area (Å²) in [7, 11) is 0. The standard InChI is InChI=1S/C24H22GeNO.C13H24O2.Ir/c1-15-19-8-6-5-7-17(19)13-20-23-22-18(9-10-26-23)11-16(14-25(2,3)4)12-21(22)27-24(15)20;1-5-10(6-2)12(14)9-13(15)11(7-3)8-4;/h5-12H,14H2,1-4H3;9-11,14H,5-8H2,1-4H3;/q-1;;/b;12-9-;. The molecule has 0 spiro atoms. The summed E-state index contributed by atoms with van der Waals surface area (Å²) < 4.78 is 6.49. The number of fused-ring (bicyclic) bond motifs is 3. The number of benzene rings is 3. The number of hydrogen-bond acceptors (Lipinski definition) is 4. The molecule has 0 atom stereocenters. The summed E-state index contributed by atoms with van der Waals surface area (Å²) >= 11 is -1.72. The second kappa shape index (κ2) is 15.0. The Morgan fingerprint density at radius 1 is 1.00 bits per heavy atom. The van der Waals surface area contributed by atoms with Gasteiger partial charge in [-0.3, -0.25) is 4.79 Å². The second-order valence-electron chi connectivity index (χ2n) is 12.7. The summed E-state index contributed by atoms with van der Waals surface area (Å²) in [5.74, 6) is 9.75. The first-order valence-electron chi connectivity index (χ1n) is 15.5. The minimum absolute atomic E-state index is 0. The van der Waals surface area contributed by atoms with Crippen molar-refractivity contribution in [2.24, 2.45) is 11.8 Å². The maximum absolute atomic E-state index is 11.7. The minimum atomic E-state index is -1.72. The van der Waals surface area contributed by atoms with Crippen molar-refractivity contribution in [3.63, 3.8) is 0 Å². The smallest absolute Gasteiger partial charge is 0 e. The Balaban J connectivity index is 0.000000274. The van der Waals surface area contributed by atoms with Crippen molar-refractivity contribution in [2.75, 3.05) is 0 Å². The van der Waals surface area contributed by atoms with Crippen LogP contribution in [-0.2, 0) is 30.2 Å². The number of hydrogen-bond donors (Lipinski definition) is 1. The molecule has 231 valence electrons. The maximum atomic E-state index is 11.7. The van der Waals surface area contributed by atoms with Gasteiger partial charge in [-0.25, -0.2) is 0 Å². The van der Waals surface area contributed by atoms with Gasteiger partial charge in [-0.15, -0.1) is 0 Å². The van der Waals surface area contributed by atoms with E-state index in [0.717, 1.165) is 64.8 Å². The summed E-state index contributed by atoms with van der Waals surface area (Å²) in [5.41, 5.74) is 4.50. The first-order chi connectivity index (χ1) is 20.0. The Morgan fingerprint density at radius 2 is 1.65 bits per heavy atom. The van der Waals surface area contributed by atoms with E-state index in [2.05, 4.69) is 72.7 Å². The van der Waals surface area contributed by atoms with E-state index in [1.165, 1.54) is 27.7 Å². The van der Waals surface area contributed by atoms with Crippen LogP contribution < -0.4 is 4.74 Å². The van der Waals surface area contributed by atoms with Crippen LogP contribution >= 0.6 is 0 Å². The fourth-order valence-corrected chi connectivity index (χ4v) is 8.92. The summed E-state index contributed by atoms with van der Waals surface area (Å²) in [6, 6.07) is 18.6.